The van der Waals surface area contributed by atoms with Crippen molar-refractivity contribution in [3.63, 3.8) is 0 Å². The Balaban J connectivity index is 2.30. The topological polar surface area (TPSA) is 90.7 Å². The molecule has 1 saturated heterocycles. The van der Waals surface area contributed by atoms with Gasteiger partial charge in [-0.25, -0.2) is 9.78 Å². The van der Waals surface area contributed by atoms with E-state index in [-0.39, 0.29) is 23.7 Å². The average molecular weight is 285 g/mol. The molecule has 6 nitrogen and oxygen atoms in total. The zero-order chi connectivity index (χ0) is 14.2. The van der Waals surface area contributed by atoms with E-state index in [1.807, 2.05) is 0 Å². The van der Waals surface area contributed by atoms with E-state index in [0.717, 1.165) is 4.90 Å². The van der Waals surface area contributed by atoms with Crippen molar-refractivity contribution in [2.45, 2.75) is 25.5 Å². The first kappa shape index (κ1) is 13.8. The molecular formula is C12H13ClN2O4. The fraction of sp³-hybridized carbons (Fsp3) is 0.417. The molecule has 2 rings (SSSR count). The van der Waals surface area contributed by atoms with Gasteiger partial charge in [0.15, 0.2) is 0 Å². The van der Waals surface area contributed by atoms with Crippen LogP contribution in [0, 0.1) is 6.92 Å². The van der Waals surface area contributed by atoms with Crippen LogP contribution in [-0.4, -0.2) is 50.7 Å². The van der Waals surface area contributed by atoms with Crippen molar-refractivity contribution >= 4 is 23.5 Å². The van der Waals surface area contributed by atoms with Crippen molar-refractivity contribution in [1.82, 2.24) is 9.88 Å². The third kappa shape index (κ3) is 2.85. The maximum atomic E-state index is 12.3. The number of hydrogen-bond acceptors (Lipinski definition) is 4. The molecule has 1 amide bonds. The lowest BCUT2D eigenvalue weighted by molar-refractivity contribution is -0.141. The molecule has 0 bridgehead atoms. The third-order valence-electron chi connectivity index (χ3n) is 2.99. The Morgan fingerprint density at radius 3 is 2.74 bits per heavy atom. The van der Waals surface area contributed by atoms with Gasteiger partial charge in [-0.2, -0.15) is 0 Å². The third-order valence-corrected chi connectivity index (χ3v) is 3.19. The van der Waals surface area contributed by atoms with Crippen LogP contribution in [0.15, 0.2) is 12.1 Å². The zero-order valence-electron chi connectivity index (χ0n) is 10.2. The Kier molecular flexibility index (Phi) is 3.73. The summed E-state index contributed by atoms with van der Waals surface area (Å²) in [5, 5.41) is 18.8. The number of β-amino-alcohol motifs (C(OH)–C–C–N with tert-alkyl or cyclic N) is 1. The zero-order valence-corrected chi connectivity index (χ0v) is 11.0. The van der Waals surface area contributed by atoms with E-state index in [1.54, 1.807) is 6.92 Å². The number of amides is 1. The van der Waals surface area contributed by atoms with E-state index in [9.17, 15) is 14.7 Å². The number of aliphatic carboxylic acids is 1. The van der Waals surface area contributed by atoms with Crippen LogP contribution in [0.25, 0.3) is 0 Å². The molecule has 1 aromatic heterocycles. The van der Waals surface area contributed by atoms with Gasteiger partial charge in [-0.15, -0.1) is 0 Å². The van der Waals surface area contributed by atoms with Crippen LogP contribution in [-0.2, 0) is 4.79 Å². The van der Waals surface area contributed by atoms with Crippen molar-refractivity contribution < 1.29 is 19.8 Å². The Morgan fingerprint density at radius 2 is 2.16 bits per heavy atom. The number of aryl methyl sites for hydroxylation is 1. The van der Waals surface area contributed by atoms with Crippen LogP contribution >= 0.6 is 11.6 Å². The Hall–Kier alpha value is -1.66. The van der Waals surface area contributed by atoms with Crippen molar-refractivity contribution in [1.29, 1.82) is 0 Å². The summed E-state index contributed by atoms with van der Waals surface area (Å²) in [6.45, 7) is 1.70. The number of pyridine rings is 1. The summed E-state index contributed by atoms with van der Waals surface area (Å²) in [4.78, 5) is 28.5. The number of aliphatic hydroxyl groups excluding tert-OH is 1. The van der Waals surface area contributed by atoms with Crippen LogP contribution < -0.4 is 0 Å². The number of rotatable bonds is 2. The second kappa shape index (κ2) is 5.14. The molecule has 0 spiro atoms. The van der Waals surface area contributed by atoms with Crippen LogP contribution in [0.4, 0.5) is 0 Å². The summed E-state index contributed by atoms with van der Waals surface area (Å²) in [5.41, 5.74) is 0.848. The lowest BCUT2D eigenvalue weighted by Gasteiger charge is -2.21. The van der Waals surface area contributed by atoms with E-state index in [4.69, 9.17) is 16.7 Å². The first-order chi connectivity index (χ1) is 8.88. The van der Waals surface area contributed by atoms with E-state index >= 15 is 0 Å². The van der Waals surface area contributed by atoms with Crippen LogP contribution in [0.2, 0.25) is 5.15 Å². The molecule has 7 heteroatoms. The number of aliphatic hydroxyl groups is 1. The Morgan fingerprint density at radius 1 is 1.47 bits per heavy atom. The number of likely N-dealkylation sites (tertiary alicyclic amines) is 1. The summed E-state index contributed by atoms with van der Waals surface area (Å²) in [5.74, 6) is -1.59. The summed E-state index contributed by atoms with van der Waals surface area (Å²) in [6.07, 6.45) is -0.776. The SMILES string of the molecule is Cc1cc(C(=O)N2CC(O)C[C@H]2C(=O)O)cc(Cl)n1. The lowest BCUT2D eigenvalue weighted by atomic mass is 10.1. The average Bonchev–Trinajstić information content (AvgIpc) is 2.69. The number of carboxylic acids is 1. The van der Waals surface area contributed by atoms with Crippen molar-refractivity contribution in [2.75, 3.05) is 6.54 Å². The highest BCUT2D eigenvalue weighted by atomic mass is 35.5. The minimum Gasteiger partial charge on any atom is -0.480 e. The number of carbonyl (C=O) groups excluding carboxylic acids is 1. The quantitative estimate of drug-likeness (QED) is 0.780. The molecule has 1 unspecified atom stereocenters. The van der Waals surface area contributed by atoms with Crippen LogP contribution in [0.5, 0.6) is 0 Å². The Labute approximate surface area is 114 Å². The van der Waals surface area contributed by atoms with Gasteiger partial charge in [-0.05, 0) is 19.1 Å². The number of halogens is 1. The van der Waals surface area contributed by atoms with Gasteiger partial charge >= 0.3 is 5.97 Å². The van der Waals surface area contributed by atoms with E-state index < -0.39 is 24.0 Å². The second-order valence-corrected chi connectivity index (χ2v) is 4.91. The lowest BCUT2D eigenvalue weighted by Crippen LogP contribution is -2.40. The van der Waals surface area contributed by atoms with Gasteiger partial charge in [0.1, 0.15) is 11.2 Å². The number of carboxylic acid groups (broad SMARTS) is 1. The normalized spacial score (nSPS) is 22.6. The first-order valence-corrected chi connectivity index (χ1v) is 6.12. The maximum absolute atomic E-state index is 12.3. The molecule has 0 aromatic carbocycles. The predicted octanol–water partition coefficient (Wildman–Crippen LogP) is 0.703. The molecule has 0 aliphatic carbocycles. The molecule has 1 aliphatic heterocycles. The van der Waals surface area contributed by atoms with E-state index in [2.05, 4.69) is 4.98 Å². The smallest absolute Gasteiger partial charge is 0.326 e. The van der Waals surface area contributed by atoms with Gasteiger partial charge < -0.3 is 15.1 Å². The first-order valence-electron chi connectivity index (χ1n) is 5.74. The number of aromatic nitrogens is 1. The minimum absolute atomic E-state index is 0.00872. The highest BCUT2D eigenvalue weighted by Crippen LogP contribution is 2.22. The van der Waals surface area contributed by atoms with Gasteiger partial charge in [0.2, 0.25) is 0 Å². The van der Waals surface area contributed by atoms with Gasteiger partial charge in [0, 0.05) is 24.2 Å². The molecule has 102 valence electrons. The van der Waals surface area contributed by atoms with Crippen molar-refractivity contribution in [3.05, 3.63) is 28.5 Å². The number of nitrogens with zero attached hydrogens (tertiary/aromatic N) is 2. The molecule has 2 atom stereocenters. The number of carbonyl (C=O) groups is 2. The molecule has 0 saturated carbocycles. The summed E-state index contributed by atoms with van der Waals surface area (Å²) in [7, 11) is 0. The number of hydrogen-bond donors (Lipinski definition) is 2. The molecular weight excluding hydrogens is 272 g/mol. The van der Waals surface area contributed by atoms with Gasteiger partial charge in [0.05, 0.1) is 6.10 Å². The largest absolute Gasteiger partial charge is 0.480 e. The summed E-state index contributed by atoms with van der Waals surface area (Å²) < 4.78 is 0. The van der Waals surface area contributed by atoms with Crippen molar-refractivity contribution in [2.24, 2.45) is 0 Å². The fourth-order valence-corrected chi connectivity index (χ4v) is 2.44. The standard InChI is InChI=1S/C12H13ClN2O4/c1-6-2-7(3-10(13)14-6)11(17)15-5-8(16)4-9(15)12(18)19/h2-3,8-9,16H,4-5H2,1H3,(H,18,19)/t8?,9-/m0/s1. The molecule has 1 aliphatic rings. The summed E-state index contributed by atoms with van der Waals surface area (Å²) in [6, 6.07) is 1.92. The second-order valence-electron chi connectivity index (χ2n) is 4.52. The van der Waals surface area contributed by atoms with Crippen LogP contribution in [0.3, 0.4) is 0 Å². The van der Waals surface area contributed by atoms with Gasteiger partial charge in [0.25, 0.3) is 5.91 Å². The Bertz CT molecular complexity index is 514. The molecule has 1 fully saturated rings. The minimum atomic E-state index is -1.12. The highest BCUT2D eigenvalue weighted by molar-refractivity contribution is 6.29. The predicted molar refractivity (Wildman–Crippen MR) is 67.1 cm³/mol. The molecule has 1 aromatic rings. The fourth-order valence-electron chi connectivity index (χ4n) is 2.19. The van der Waals surface area contributed by atoms with Gasteiger partial charge in [-0.3, -0.25) is 4.79 Å². The molecule has 2 N–H and O–H groups in total. The van der Waals surface area contributed by atoms with Crippen molar-refractivity contribution in [3.8, 4) is 0 Å². The maximum Gasteiger partial charge on any atom is 0.326 e. The highest BCUT2D eigenvalue weighted by Gasteiger charge is 2.39. The van der Waals surface area contributed by atoms with Gasteiger partial charge in [-0.1, -0.05) is 11.6 Å². The molecule has 0 radical (unpaired) electrons. The van der Waals surface area contributed by atoms with Crippen LogP contribution in [0.1, 0.15) is 22.5 Å². The monoisotopic (exact) mass is 284 g/mol. The van der Waals surface area contributed by atoms with E-state index in [1.165, 1.54) is 12.1 Å². The molecule has 2 heterocycles. The van der Waals surface area contributed by atoms with E-state index in [0.29, 0.717) is 5.69 Å². The molecule has 19 heavy (non-hydrogen) atoms. The summed E-state index contributed by atoms with van der Waals surface area (Å²) >= 11 is 5.78.